The van der Waals surface area contributed by atoms with Gasteiger partial charge in [-0.2, -0.15) is 0 Å². The molecule has 17 heteroatoms. The first kappa shape index (κ1) is 50.0. The lowest BCUT2D eigenvalue weighted by Crippen LogP contribution is -2.81. The summed E-state index contributed by atoms with van der Waals surface area (Å²) in [4.78, 5) is 85.1. The van der Waals surface area contributed by atoms with Crippen LogP contribution in [0.25, 0.3) is 6.08 Å². The minimum absolute atomic E-state index is 0.0639. The molecule has 5 aliphatic rings. The van der Waals surface area contributed by atoms with Gasteiger partial charge in [-0.1, -0.05) is 98.8 Å². The number of carbonyl (C=O) groups excluding carboxylic acids is 6. The highest BCUT2D eigenvalue weighted by molar-refractivity contribution is 8.25. The molecule has 2 saturated heterocycles. The van der Waals surface area contributed by atoms with Gasteiger partial charge in [0.1, 0.15) is 35.6 Å². The van der Waals surface area contributed by atoms with Crippen molar-refractivity contribution in [2.45, 2.75) is 101 Å². The number of hydrogen-bond donors (Lipinski definition) is 5. The van der Waals surface area contributed by atoms with Crippen molar-refractivity contribution in [3.63, 3.8) is 0 Å². The molecule has 3 unspecified atom stereocenters. The molecule has 2 saturated carbocycles. The Morgan fingerprint density at radius 2 is 1.49 bits per heavy atom. The van der Waals surface area contributed by atoms with E-state index in [-0.39, 0.29) is 40.9 Å². The SMILES string of the molecule is CC(=O)O[C@@]12CO[C@@H]1C[C@H](O)[C@@]1(C)C(=O)C(O)C3=C(C)C(OC(=O)[C@H](O)[C@@H](NC(=O)C(C(=O)/C=C/c4ccccc4)=C4SCCS4)c4ccccc4)C[C@@](O)([C@@H](OC(=O)c4ccccc4)C12)C3(C)C. The number of allylic oxidation sites excluding steroid dienone is 1. The van der Waals surface area contributed by atoms with Gasteiger partial charge >= 0.3 is 17.9 Å². The van der Waals surface area contributed by atoms with Crippen molar-refractivity contribution < 1.29 is 68.1 Å². The molecule has 0 spiro atoms. The summed E-state index contributed by atoms with van der Waals surface area (Å²) >= 11 is 2.68. The summed E-state index contributed by atoms with van der Waals surface area (Å²) < 4.78 is 24.9. The summed E-state index contributed by atoms with van der Waals surface area (Å²) in [5.74, 6) is -5.65. The lowest BCUT2D eigenvalue weighted by Gasteiger charge is -2.67. The fraction of sp³-hybridized carbons (Fsp3) is 0.423. The molecule has 2 heterocycles. The summed E-state index contributed by atoms with van der Waals surface area (Å²) in [7, 11) is 0. The molecule has 3 aromatic rings. The van der Waals surface area contributed by atoms with Crippen LogP contribution >= 0.6 is 23.5 Å². The van der Waals surface area contributed by atoms with Crippen molar-refractivity contribution in [1.82, 2.24) is 5.32 Å². The molecule has 1 amide bonds. The first-order valence-electron chi connectivity index (χ1n) is 22.7. The highest BCUT2D eigenvalue weighted by atomic mass is 32.2. The van der Waals surface area contributed by atoms with Crippen molar-refractivity contribution in [2.24, 2.45) is 16.7 Å². The lowest BCUT2D eigenvalue weighted by molar-refractivity contribution is -0.346. The molecule has 2 bridgehead atoms. The Morgan fingerprint density at radius 3 is 2.09 bits per heavy atom. The van der Waals surface area contributed by atoms with Crippen LogP contribution < -0.4 is 5.32 Å². The van der Waals surface area contributed by atoms with Crippen LogP contribution in [0.2, 0.25) is 0 Å². The van der Waals surface area contributed by atoms with Crippen molar-refractivity contribution in [1.29, 1.82) is 0 Å². The average molecular weight is 982 g/mol. The second-order valence-corrected chi connectivity index (χ2v) is 21.3. The number of rotatable bonds is 12. The Hall–Kier alpha value is -5.40. The quantitative estimate of drug-likeness (QED) is 0.0409. The van der Waals surface area contributed by atoms with E-state index < -0.39 is 112 Å². The zero-order valence-corrected chi connectivity index (χ0v) is 40.3. The van der Waals surface area contributed by atoms with Gasteiger partial charge in [-0.05, 0) is 54.3 Å². The number of thioether (sulfide) groups is 2. The van der Waals surface area contributed by atoms with E-state index in [0.717, 1.165) is 12.5 Å². The average Bonchev–Trinajstić information content (AvgIpc) is 3.86. The van der Waals surface area contributed by atoms with Gasteiger partial charge in [-0.25, -0.2) is 9.59 Å². The molecule has 0 radical (unpaired) electrons. The van der Waals surface area contributed by atoms with Gasteiger partial charge in [-0.15, -0.1) is 23.5 Å². The van der Waals surface area contributed by atoms with E-state index in [1.54, 1.807) is 66.7 Å². The Morgan fingerprint density at radius 1 is 0.884 bits per heavy atom. The number of amides is 1. The summed E-state index contributed by atoms with van der Waals surface area (Å²) in [6.07, 6.45) is -8.05. The van der Waals surface area contributed by atoms with E-state index in [1.165, 1.54) is 69.4 Å². The Labute approximate surface area is 407 Å². The van der Waals surface area contributed by atoms with Crippen molar-refractivity contribution >= 4 is 65.0 Å². The normalized spacial score (nSPS) is 31.1. The van der Waals surface area contributed by atoms with E-state index in [1.807, 2.05) is 18.2 Å². The second kappa shape index (κ2) is 19.4. The molecule has 2 aliphatic heterocycles. The number of nitrogens with one attached hydrogen (secondary N) is 1. The zero-order valence-electron chi connectivity index (χ0n) is 38.7. The maximum absolute atomic E-state index is 15.1. The summed E-state index contributed by atoms with van der Waals surface area (Å²) in [6, 6.07) is 23.5. The predicted octanol–water partition coefficient (Wildman–Crippen LogP) is 4.83. The van der Waals surface area contributed by atoms with Gasteiger partial charge in [-0.3, -0.25) is 19.2 Å². The Balaban J connectivity index is 1.18. The van der Waals surface area contributed by atoms with E-state index in [0.29, 0.717) is 15.7 Å². The highest BCUT2D eigenvalue weighted by Crippen LogP contribution is 2.64. The van der Waals surface area contributed by atoms with E-state index >= 15 is 4.79 Å². The topological polar surface area (TPSA) is 232 Å². The molecule has 364 valence electrons. The summed E-state index contributed by atoms with van der Waals surface area (Å²) in [5.41, 5.74) is -6.96. The first-order valence-corrected chi connectivity index (χ1v) is 24.7. The number of ether oxygens (including phenoxy) is 4. The van der Waals surface area contributed by atoms with Gasteiger partial charge in [0.05, 0.1) is 39.9 Å². The number of carbonyl (C=O) groups is 6. The fourth-order valence-electron chi connectivity index (χ4n) is 10.9. The number of benzene rings is 3. The summed E-state index contributed by atoms with van der Waals surface area (Å²) in [6.45, 7) is 6.80. The van der Waals surface area contributed by atoms with Crippen LogP contribution in [0.15, 0.2) is 118 Å². The molecule has 15 nitrogen and oxygen atoms in total. The number of fused-ring (bicyclic) bond motifs is 5. The van der Waals surface area contributed by atoms with E-state index in [9.17, 15) is 44.4 Å². The molecule has 0 aromatic heterocycles. The molecule has 69 heavy (non-hydrogen) atoms. The van der Waals surface area contributed by atoms with Crippen LogP contribution in [-0.2, 0) is 42.9 Å². The standard InChI is InChI=1S/C52H55NO14S2/c1-28-34(65-47(62)41(58)39(31-17-11-7-12-18-31)53-45(60)37(48-68-23-24-69-48)33(55)22-21-30-15-9-6-10-16-30)26-52(63)44(66-46(61)32-19-13-8-14-20-32)42-50(5,43(59)40(57)38(28)49(52,3)4)35(56)25-36-51(42,27-64-36)67-29(2)54/h6-22,34-36,39-42,44,56-58,63H,23-27H2,1-5H3,(H,53,60)/b22-21+/t34?,35-,36+,39-,40?,41+,42?,44-,50+,51-,52+/m0/s1. The fourth-order valence-corrected chi connectivity index (χ4v) is 13.5. The van der Waals surface area contributed by atoms with Crippen LogP contribution in [-0.4, -0.2) is 122 Å². The number of esters is 3. The lowest BCUT2D eigenvalue weighted by atomic mass is 9.44. The Kier molecular flexibility index (Phi) is 14.1. The predicted molar refractivity (Wildman–Crippen MR) is 255 cm³/mol. The largest absolute Gasteiger partial charge is 0.456 e. The maximum atomic E-state index is 15.1. The third kappa shape index (κ3) is 8.80. The number of aliphatic hydroxyl groups excluding tert-OH is 3. The van der Waals surface area contributed by atoms with Crippen LogP contribution in [0.4, 0.5) is 0 Å². The number of hydrogen-bond acceptors (Lipinski definition) is 16. The van der Waals surface area contributed by atoms with Crippen molar-refractivity contribution in [3.8, 4) is 0 Å². The molecular weight excluding hydrogens is 927 g/mol. The van der Waals surface area contributed by atoms with Crippen LogP contribution in [0.3, 0.4) is 0 Å². The van der Waals surface area contributed by atoms with Gasteiger partial charge < -0.3 is 44.7 Å². The molecule has 3 aliphatic carbocycles. The molecule has 8 rings (SSSR count). The third-order valence-corrected chi connectivity index (χ3v) is 17.4. The smallest absolute Gasteiger partial charge is 0.338 e. The number of ketones is 2. The van der Waals surface area contributed by atoms with Crippen LogP contribution in [0.1, 0.15) is 75.0 Å². The van der Waals surface area contributed by atoms with Crippen molar-refractivity contribution in [2.75, 3.05) is 18.1 Å². The molecular formula is C52H55NO14S2. The van der Waals surface area contributed by atoms with Crippen LogP contribution in [0, 0.1) is 16.7 Å². The van der Waals surface area contributed by atoms with Gasteiger partial charge in [0, 0.05) is 36.7 Å². The van der Waals surface area contributed by atoms with Gasteiger partial charge in [0.2, 0.25) is 0 Å². The maximum Gasteiger partial charge on any atom is 0.338 e. The number of aliphatic hydroxyl groups is 4. The Bertz CT molecular complexity index is 2610. The van der Waals surface area contributed by atoms with Gasteiger partial charge in [0.25, 0.3) is 5.91 Å². The monoisotopic (exact) mass is 981 g/mol. The molecule has 3 aromatic carbocycles. The molecule has 4 fully saturated rings. The number of Topliss-reactive ketones (excluding diaryl/α,β-unsaturated/α-hetero) is 1. The first-order chi connectivity index (χ1) is 32.8. The second-order valence-electron chi connectivity index (χ2n) is 18.9. The van der Waals surface area contributed by atoms with Crippen LogP contribution in [0.5, 0.6) is 0 Å². The molecule has 5 N–H and O–H groups in total. The highest BCUT2D eigenvalue weighted by Gasteiger charge is 2.78. The zero-order chi connectivity index (χ0) is 49.6. The third-order valence-electron chi connectivity index (χ3n) is 14.6. The molecule has 11 atom stereocenters. The van der Waals surface area contributed by atoms with Crippen molar-refractivity contribution in [3.05, 3.63) is 135 Å². The van der Waals surface area contributed by atoms with Gasteiger partial charge in [0.15, 0.2) is 23.3 Å². The minimum Gasteiger partial charge on any atom is -0.456 e. The summed E-state index contributed by atoms with van der Waals surface area (Å²) in [5, 5.41) is 52.7. The van der Waals surface area contributed by atoms with E-state index in [4.69, 9.17) is 18.9 Å². The van der Waals surface area contributed by atoms with E-state index in [2.05, 4.69) is 5.32 Å². The minimum atomic E-state index is -2.40.